The molecule has 7 nitrogen and oxygen atoms in total. The Morgan fingerprint density at radius 2 is 2.14 bits per heavy atom. The second-order valence-corrected chi connectivity index (χ2v) is 5.19. The Balaban J connectivity index is 2.04. The first-order valence-corrected chi connectivity index (χ1v) is 7.03. The van der Waals surface area contributed by atoms with Gasteiger partial charge in [-0.15, -0.1) is 0 Å². The SMILES string of the molecule is COCC(N)C(=O)NC(C)c1noc(-c2ccc(Cl)cc2)n1. The number of amides is 1. The zero-order valence-electron chi connectivity index (χ0n) is 12.2. The van der Waals surface area contributed by atoms with Crippen molar-refractivity contribution in [2.45, 2.75) is 19.0 Å². The maximum absolute atomic E-state index is 11.8. The van der Waals surface area contributed by atoms with Gasteiger partial charge >= 0.3 is 0 Å². The molecule has 1 heterocycles. The van der Waals surface area contributed by atoms with Crippen LogP contribution in [0.15, 0.2) is 28.8 Å². The van der Waals surface area contributed by atoms with Crippen molar-refractivity contribution in [2.24, 2.45) is 5.73 Å². The molecule has 2 aromatic rings. The highest BCUT2D eigenvalue weighted by atomic mass is 35.5. The molecule has 0 fully saturated rings. The molecule has 22 heavy (non-hydrogen) atoms. The molecule has 0 saturated heterocycles. The van der Waals surface area contributed by atoms with Crippen molar-refractivity contribution >= 4 is 17.5 Å². The van der Waals surface area contributed by atoms with Gasteiger partial charge in [0.2, 0.25) is 5.91 Å². The normalized spacial score (nSPS) is 13.6. The van der Waals surface area contributed by atoms with E-state index >= 15 is 0 Å². The van der Waals surface area contributed by atoms with E-state index in [0.717, 1.165) is 5.56 Å². The lowest BCUT2D eigenvalue weighted by Gasteiger charge is -2.14. The standard InChI is InChI=1S/C14H17ClN4O3/c1-8(17-13(20)11(16)7-21-2)12-18-14(22-19-12)9-3-5-10(15)6-4-9/h3-6,8,11H,7,16H2,1-2H3,(H,17,20). The highest BCUT2D eigenvalue weighted by molar-refractivity contribution is 6.30. The van der Waals surface area contributed by atoms with Crippen molar-refractivity contribution in [1.29, 1.82) is 0 Å². The highest BCUT2D eigenvalue weighted by Gasteiger charge is 2.20. The Morgan fingerprint density at radius 3 is 2.77 bits per heavy atom. The van der Waals surface area contributed by atoms with Gasteiger partial charge in [-0.3, -0.25) is 4.79 Å². The second kappa shape index (κ2) is 7.35. The Kier molecular flexibility index (Phi) is 5.48. The number of rotatable bonds is 6. The highest BCUT2D eigenvalue weighted by Crippen LogP contribution is 2.21. The summed E-state index contributed by atoms with van der Waals surface area (Å²) in [5.74, 6) is 0.379. The molecule has 0 saturated carbocycles. The molecule has 1 amide bonds. The molecule has 0 aliphatic rings. The number of benzene rings is 1. The van der Waals surface area contributed by atoms with E-state index in [1.54, 1.807) is 31.2 Å². The van der Waals surface area contributed by atoms with E-state index in [4.69, 9.17) is 26.6 Å². The fraction of sp³-hybridized carbons (Fsp3) is 0.357. The van der Waals surface area contributed by atoms with Gasteiger partial charge in [0.25, 0.3) is 5.89 Å². The van der Waals surface area contributed by atoms with Crippen LogP contribution in [0.25, 0.3) is 11.5 Å². The third kappa shape index (κ3) is 4.03. The summed E-state index contributed by atoms with van der Waals surface area (Å²) < 4.78 is 10.0. The summed E-state index contributed by atoms with van der Waals surface area (Å²) in [4.78, 5) is 16.1. The van der Waals surface area contributed by atoms with E-state index in [2.05, 4.69) is 15.5 Å². The van der Waals surface area contributed by atoms with Gasteiger partial charge in [-0.1, -0.05) is 16.8 Å². The molecule has 0 aliphatic carbocycles. The van der Waals surface area contributed by atoms with Crippen LogP contribution in [0.2, 0.25) is 5.02 Å². The molecule has 2 atom stereocenters. The summed E-state index contributed by atoms with van der Waals surface area (Å²) in [6.45, 7) is 1.88. The number of nitrogens with two attached hydrogens (primary N) is 1. The molecule has 1 aromatic carbocycles. The van der Waals surface area contributed by atoms with Crippen LogP contribution in [0.4, 0.5) is 0 Å². The first kappa shape index (κ1) is 16.4. The predicted octanol–water partition coefficient (Wildman–Crippen LogP) is 1.54. The van der Waals surface area contributed by atoms with E-state index < -0.39 is 12.1 Å². The fourth-order valence-corrected chi connectivity index (χ4v) is 1.89. The smallest absolute Gasteiger partial charge is 0.257 e. The number of nitrogens with zero attached hydrogens (tertiary/aromatic N) is 2. The van der Waals surface area contributed by atoms with Crippen molar-refractivity contribution in [3.63, 3.8) is 0 Å². The van der Waals surface area contributed by atoms with Gasteiger partial charge in [0.1, 0.15) is 6.04 Å². The lowest BCUT2D eigenvalue weighted by molar-refractivity contribution is -0.124. The number of carbonyl (C=O) groups is 1. The Labute approximate surface area is 132 Å². The predicted molar refractivity (Wildman–Crippen MR) is 81.2 cm³/mol. The average Bonchev–Trinajstić information content (AvgIpc) is 2.98. The minimum absolute atomic E-state index is 0.140. The van der Waals surface area contributed by atoms with Gasteiger partial charge < -0.3 is 20.3 Å². The zero-order valence-corrected chi connectivity index (χ0v) is 13.0. The molecule has 2 rings (SSSR count). The number of methoxy groups -OCH3 is 1. The first-order valence-electron chi connectivity index (χ1n) is 6.65. The fourth-order valence-electron chi connectivity index (χ4n) is 1.76. The number of hydrogen-bond acceptors (Lipinski definition) is 6. The molecule has 0 radical (unpaired) electrons. The van der Waals surface area contributed by atoms with Gasteiger partial charge in [0.05, 0.1) is 12.6 Å². The lowest BCUT2D eigenvalue weighted by Crippen LogP contribution is -2.44. The van der Waals surface area contributed by atoms with Crippen LogP contribution in [0, 0.1) is 0 Å². The molecule has 0 aliphatic heterocycles. The van der Waals surface area contributed by atoms with Gasteiger partial charge in [-0.05, 0) is 31.2 Å². The van der Waals surface area contributed by atoms with E-state index in [1.807, 2.05) is 0 Å². The summed E-state index contributed by atoms with van der Waals surface area (Å²) in [5.41, 5.74) is 6.40. The number of ether oxygens (including phenoxy) is 1. The topological polar surface area (TPSA) is 103 Å². The van der Waals surface area contributed by atoms with Gasteiger partial charge in [0.15, 0.2) is 5.82 Å². The largest absolute Gasteiger partial charge is 0.383 e. The summed E-state index contributed by atoms with van der Waals surface area (Å²) in [7, 11) is 1.48. The van der Waals surface area contributed by atoms with E-state index in [-0.39, 0.29) is 12.5 Å². The summed E-state index contributed by atoms with van der Waals surface area (Å²) >= 11 is 5.83. The maximum atomic E-state index is 11.8. The Morgan fingerprint density at radius 1 is 1.45 bits per heavy atom. The van der Waals surface area contributed by atoms with Crippen LogP contribution in [-0.2, 0) is 9.53 Å². The van der Waals surface area contributed by atoms with Crippen LogP contribution in [-0.4, -0.2) is 35.8 Å². The second-order valence-electron chi connectivity index (χ2n) is 4.76. The number of halogens is 1. The van der Waals surface area contributed by atoms with Crippen molar-refractivity contribution in [2.75, 3.05) is 13.7 Å². The zero-order chi connectivity index (χ0) is 16.1. The molecule has 118 valence electrons. The van der Waals surface area contributed by atoms with E-state index in [9.17, 15) is 4.79 Å². The third-order valence-corrected chi connectivity index (χ3v) is 3.21. The van der Waals surface area contributed by atoms with Crippen molar-refractivity contribution < 1.29 is 14.1 Å². The van der Waals surface area contributed by atoms with Gasteiger partial charge in [-0.25, -0.2) is 0 Å². The molecule has 0 spiro atoms. The molecule has 2 unspecified atom stereocenters. The summed E-state index contributed by atoms with van der Waals surface area (Å²) in [6.07, 6.45) is 0. The Bertz CT molecular complexity index is 629. The van der Waals surface area contributed by atoms with Crippen LogP contribution >= 0.6 is 11.6 Å². The molecular formula is C14H17ClN4O3. The maximum Gasteiger partial charge on any atom is 0.257 e. The quantitative estimate of drug-likeness (QED) is 0.835. The molecule has 3 N–H and O–H groups in total. The number of aromatic nitrogens is 2. The summed E-state index contributed by atoms with van der Waals surface area (Å²) in [5, 5.41) is 7.19. The molecular weight excluding hydrogens is 308 g/mol. The molecule has 8 heteroatoms. The van der Waals surface area contributed by atoms with Crippen LogP contribution in [0.1, 0.15) is 18.8 Å². The van der Waals surface area contributed by atoms with Crippen molar-refractivity contribution in [3.05, 3.63) is 35.1 Å². The minimum Gasteiger partial charge on any atom is -0.383 e. The third-order valence-electron chi connectivity index (χ3n) is 2.96. The minimum atomic E-state index is -0.741. The molecule has 0 bridgehead atoms. The van der Waals surface area contributed by atoms with E-state index in [1.165, 1.54) is 7.11 Å². The van der Waals surface area contributed by atoms with Crippen molar-refractivity contribution in [3.8, 4) is 11.5 Å². The number of hydrogen-bond donors (Lipinski definition) is 2. The van der Waals surface area contributed by atoms with Crippen molar-refractivity contribution in [1.82, 2.24) is 15.5 Å². The van der Waals surface area contributed by atoms with Crippen LogP contribution in [0.5, 0.6) is 0 Å². The summed E-state index contributed by atoms with van der Waals surface area (Å²) in [6, 6.07) is 5.84. The van der Waals surface area contributed by atoms with Crippen LogP contribution < -0.4 is 11.1 Å². The monoisotopic (exact) mass is 324 g/mol. The van der Waals surface area contributed by atoms with Gasteiger partial charge in [-0.2, -0.15) is 4.98 Å². The molecule has 1 aromatic heterocycles. The van der Waals surface area contributed by atoms with E-state index in [0.29, 0.717) is 16.7 Å². The number of nitrogens with one attached hydrogen (secondary N) is 1. The first-order chi connectivity index (χ1) is 10.5. The average molecular weight is 325 g/mol. The lowest BCUT2D eigenvalue weighted by atomic mass is 10.2. The van der Waals surface area contributed by atoms with Crippen LogP contribution in [0.3, 0.4) is 0 Å². The van der Waals surface area contributed by atoms with Gasteiger partial charge in [0, 0.05) is 17.7 Å². The Hall–Kier alpha value is -1.96. The number of carbonyl (C=O) groups excluding carboxylic acids is 1.